The normalized spacial score (nSPS) is 12.1. The van der Waals surface area contributed by atoms with Crippen LogP contribution in [0.1, 0.15) is 47.8 Å². The number of halogens is 3. The first kappa shape index (κ1) is 38.3. The molecule has 0 heterocycles. The van der Waals surface area contributed by atoms with Crippen molar-refractivity contribution >= 4 is 17.9 Å². The summed E-state index contributed by atoms with van der Waals surface area (Å²) in [5, 5.41) is 0. The molecule has 0 spiro atoms. The average molecular weight is 681 g/mol. The van der Waals surface area contributed by atoms with Crippen molar-refractivity contribution in [1.29, 1.82) is 0 Å². The van der Waals surface area contributed by atoms with Crippen molar-refractivity contribution < 1.29 is 51.2 Å². The molecule has 0 bridgehead atoms. The summed E-state index contributed by atoms with van der Waals surface area (Å²) in [5.41, 5.74) is 0.0597. The predicted octanol–water partition coefficient (Wildman–Crippen LogP) is 7.86. The zero-order valence-corrected chi connectivity index (χ0v) is 28.0. The maximum Gasteiger partial charge on any atom is 0.416 e. The lowest BCUT2D eigenvalue weighted by molar-refractivity contribution is -0.156. The van der Waals surface area contributed by atoms with Crippen LogP contribution in [0, 0.1) is 0 Å². The molecule has 4 aromatic carbocycles. The lowest BCUT2D eigenvalue weighted by atomic mass is 9.83. The van der Waals surface area contributed by atoms with Crippen LogP contribution < -0.4 is 9.47 Å². The fourth-order valence-corrected chi connectivity index (χ4v) is 4.61. The summed E-state index contributed by atoms with van der Waals surface area (Å²) in [5.74, 6) is -1.63. The number of carbonyl (C=O) groups excluding carboxylic acids is 3. The van der Waals surface area contributed by atoms with E-state index >= 15 is 0 Å². The second-order valence-electron chi connectivity index (χ2n) is 10.8. The quantitative estimate of drug-likeness (QED) is 0.110. The first-order valence-electron chi connectivity index (χ1n) is 15.4. The average Bonchev–Trinajstić information content (AvgIpc) is 3.11. The van der Waals surface area contributed by atoms with Crippen LogP contribution in [-0.4, -0.2) is 51.9 Å². The van der Waals surface area contributed by atoms with Crippen LogP contribution in [0.25, 0.3) is 11.1 Å². The van der Waals surface area contributed by atoms with Gasteiger partial charge in [0.1, 0.15) is 12.0 Å². The SMILES string of the molecule is CCOC.CCOC(=O)C(C)(COC(=O)Cc1ccc(OC(=O)c2ccccc2-c2ccc(C(F)(F)F)cc2)c(OC)c1)c1ccccc1. The lowest BCUT2D eigenvalue weighted by Gasteiger charge is -2.27. The molecular weight excluding hydrogens is 641 g/mol. The first-order valence-corrected chi connectivity index (χ1v) is 15.4. The van der Waals surface area contributed by atoms with Crippen LogP contribution in [0.5, 0.6) is 11.5 Å². The van der Waals surface area contributed by atoms with Gasteiger partial charge in [0, 0.05) is 13.7 Å². The first-order chi connectivity index (χ1) is 23.4. The minimum atomic E-state index is -4.48. The largest absolute Gasteiger partial charge is 0.493 e. The standard InChI is InChI=1S/C35H31F3O7.C3H8O/c1-4-43-33(41)34(2,25-10-6-5-7-11-25)22-44-31(39)21-23-14-19-29(30(20-23)42-3)45-32(40)28-13-9-8-12-27(28)24-15-17-26(18-16-24)35(36,37)38;1-3-4-2/h5-20H,4,21-22H2,1-3H3;3H2,1-2H3. The number of benzene rings is 4. The molecule has 0 aliphatic carbocycles. The Morgan fingerprint density at radius 2 is 1.35 bits per heavy atom. The summed E-state index contributed by atoms with van der Waals surface area (Å²) in [4.78, 5) is 38.8. The maximum absolute atomic E-state index is 13.2. The molecular formula is C38H39F3O8. The van der Waals surface area contributed by atoms with E-state index in [2.05, 4.69) is 4.74 Å². The highest BCUT2D eigenvalue weighted by Gasteiger charge is 2.38. The molecule has 0 fully saturated rings. The van der Waals surface area contributed by atoms with E-state index in [0.29, 0.717) is 22.3 Å². The molecule has 49 heavy (non-hydrogen) atoms. The van der Waals surface area contributed by atoms with E-state index in [4.69, 9.17) is 18.9 Å². The fraction of sp³-hybridized carbons (Fsp3) is 0.289. The molecule has 0 aromatic heterocycles. The van der Waals surface area contributed by atoms with E-state index in [-0.39, 0.29) is 36.7 Å². The van der Waals surface area contributed by atoms with Gasteiger partial charge < -0.3 is 23.7 Å². The Kier molecular flexibility index (Phi) is 13.9. The van der Waals surface area contributed by atoms with E-state index in [1.807, 2.05) is 13.0 Å². The van der Waals surface area contributed by atoms with Gasteiger partial charge in [0.15, 0.2) is 11.5 Å². The maximum atomic E-state index is 13.2. The van der Waals surface area contributed by atoms with Gasteiger partial charge in [-0.05, 0) is 73.4 Å². The van der Waals surface area contributed by atoms with E-state index in [1.54, 1.807) is 69.5 Å². The smallest absolute Gasteiger partial charge is 0.416 e. The second-order valence-corrected chi connectivity index (χ2v) is 10.8. The highest BCUT2D eigenvalue weighted by atomic mass is 19.4. The zero-order chi connectivity index (χ0) is 36.0. The monoisotopic (exact) mass is 680 g/mol. The summed E-state index contributed by atoms with van der Waals surface area (Å²) in [6.45, 7) is 6.06. The Balaban J connectivity index is 0.00000154. The number of hydrogen-bond donors (Lipinski definition) is 0. The zero-order valence-electron chi connectivity index (χ0n) is 28.0. The van der Waals surface area contributed by atoms with Crippen molar-refractivity contribution in [1.82, 2.24) is 0 Å². The number of ether oxygens (including phenoxy) is 5. The van der Waals surface area contributed by atoms with Crippen LogP contribution >= 0.6 is 0 Å². The van der Waals surface area contributed by atoms with Crippen LogP contribution in [0.3, 0.4) is 0 Å². The van der Waals surface area contributed by atoms with Gasteiger partial charge in [0.05, 0.1) is 31.3 Å². The van der Waals surface area contributed by atoms with Gasteiger partial charge in [0.25, 0.3) is 0 Å². The minimum absolute atomic E-state index is 0.0702. The van der Waals surface area contributed by atoms with Crippen molar-refractivity contribution in [2.75, 3.05) is 34.0 Å². The Morgan fingerprint density at radius 3 is 1.94 bits per heavy atom. The molecule has 0 saturated carbocycles. The number of methoxy groups -OCH3 is 2. The molecule has 0 amide bonds. The van der Waals surface area contributed by atoms with Crippen molar-refractivity contribution in [3.8, 4) is 22.6 Å². The summed E-state index contributed by atoms with van der Waals surface area (Å²) in [6.07, 6.45) is -4.64. The number of esters is 3. The van der Waals surface area contributed by atoms with E-state index in [1.165, 1.54) is 37.4 Å². The molecule has 8 nitrogen and oxygen atoms in total. The van der Waals surface area contributed by atoms with Gasteiger partial charge in [-0.2, -0.15) is 13.2 Å². The molecule has 4 aromatic rings. The molecule has 0 aliphatic rings. The highest BCUT2D eigenvalue weighted by molar-refractivity contribution is 5.98. The topological polar surface area (TPSA) is 97.4 Å². The van der Waals surface area contributed by atoms with Gasteiger partial charge in [0.2, 0.25) is 0 Å². The van der Waals surface area contributed by atoms with Gasteiger partial charge in [-0.3, -0.25) is 9.59 Å². The molecule has 260 valence electrons. The van der Waals surface area contributed by atoms with Crippen molar-refractivity contribution in [2.24, 2.45) is 0 Å². The van der Waals surface area contributed by atoms with E-state index in [9.17, 15) is 27.6 Å². The molecule has 0 N–H and O–H groups in total. The van der Waals surface area contributed by atoms with Gasteiger partial charge >= 0.3 is 24.1 Å². The molecule has 4 rings (SSSR count). The Hall–Kier alpha value is -5.16. The summed E-state index contributed by atoms with van der Waals surface area (Å²) >= 11 is 0. The Morgan fingerprint density at radius 1 is 0.714 bits per heavy atom. The minimum Gasteiger partial charge on any atom is -0.493 e. The van der Waals surface area contributed by atoms with Crippen molar-refractivity contribution in [3.63, 3.8) is 0 Å². The number of rotatable bonds is 12. The molecule has 0 aliphatic heterocycles. The summed E-state index contributed by atoms with van der Waals surface area (Å²) in [7, 11) is 3.05. The predicted molar refractivity (Wildman–Crippen MR) is 177 cm³/mol. The van der Waals surface area contributed by atoms with Crippen LogP contribution in [-0.2, 0) is 41.8 Å². The van der Waals surface area contributed by atoms with Crippen LogP contribution in [0.4, 0.5) is 13.2 Å². The van der Waals surface area contributed by atoms with Gasteiger partial charge in [-0.1, -0.05) is 66.7 Å². The summed E-state index contributed by atoms with van der Waals surface area (Å²) in [6, 6.07) is 24.3. The van der Waals surface area contributed by atoms with E-state index in [0.717, 1.165) is 18.7 Å². The molecule has 0 radical (unpaired) electrons. The third-order valence-corrected chi connectivity index (χ3v) is 7.40. The number of alkyl halides is 3. The van der Waals surface area contributed by atoms with Crippen LogP contribution in [0.2, 0.25) is 0 Å². The molecule has 11 heteroatoms. The highest BCUT2D eigenvalue weighted by Crippen LogP contribution is 2.34. The van der Waals surface area contributed by atoms with Crippen molar-refractivity contribution in [2.45, 2.75) is 38.8 Å². The molecule has 0 saturated heterocycles. The van der Waals surface area contributed by atoms with Crippen molar-refractivity contribution in [3.05, 3.63) is 119 Å². The fourth-order valence-electron chi connectivity index (χ4n) is 4.61. The van der Waals surface area contributed by atoms with Gasteiger partial charge in [-0.15, -0.1) is 0 Å². The molecule has 1 atom stereocenters. The lowest BCUT2D eigenvalue weighted by Crippen LogP contribution is -2.40. The third kappa shape index (κ3) is 10.4. The number of carbonyl (C=O) groups is 3. The Labute approximate surface area is 283 Å². The second kappa shape index (κ2) is 17.8. The van der Waals surface area contributed by atoms with E-state index < -0.39 is 35.1 Å². The summed E-state index contributed by atoms with van der Waals surface area (Å²) < 4.78 is 65.3. The molecule has 1 unspecified atom stereocenters. The Bertz CT molecular complexity index is 1690. The number of hydrogen-bond acceptors (Lipinski definition) is 8. The van der Waals surface area contributed by atoms with Crippen LogP contribution in [0.15, 0.2) is 97.1 Å². The van der Waals surface area contributed by atoms with Gasteiger partial charge in [-0.25, -0.2) is 4.79 Å². The third-order valence-electron chi connectivity index (χ3n) is 7.40.